The predicted octanol–water partition coefficient (Wildman–Crippen LogP) is 5.10. The molecule has 4 heteroatoms. The second-order valence-electron chi connectivity index (χ2n) is 4.79. The summed E-state index contributed by atoms with van der Waals surface area (Å²) in [6.45, 7) is 5.75. The Bertz CT molecular complexity index is 423. The molecule has 1 heterocycles. The summed E-state index contributed by atoms with van der Waals surface area (Å²) in [5.74, 6) is 1.45. The zero-order valence-corrected chi connectivity index (χ0v) is 14.5. The molecule has 1 fully saturated rings. The largest absolute Gasteiger partial charge is 0.493 e. The summed E-state index contributed by atoms with van der Waals surface area (Å²) < 4.78 is 12.4. The van der Waals surface area contributed by atoms with E-state index in [0.29, 0.717) is 23.5 Å². The summed E-state index contributed by atoms with van der Waals surface area (Å²) in [6.07, 6.45) is 2.57. The van der Waals surface area contributed by atoms with E-state index in [4.69, 9.17) is 9.47 Å². The van der Waals surface area contributed by atoms with Crippen LogP contribution in [-0.4, -0.2) is 19.3 Å². The highest BCUT2D eigenvalue weighted by Crippen LogP contribution is 2.42. The number of ether oxygens (including phenoxy) is 2. The Labute approximate surface area is 132 Å². The van der Waals surface area contributed by atoms with Gasteiger partial charge in [0.15, 0.2) is 0 Å². The van der Waals surface area contributed by atoms with Crippen LogP contribution >= 0.6 is 31.9 Å². The summed E-state index contributed by atoms with van der Waals surface area (Å²) in [7, 11) is 0. The van der Waals surface area contributed by atoms with Gasteiger partial charge in [-0.1, -0.05) is 28.9 Å². The van der Waals surface area contributed by atoms with Crippen molar-refractivity contribution >= 4 is 31.9 Å². The Balaban J connectivity index is 2.15. The summed E-state index contributed by atoms with van der Waals surface area (Å²) >= 11 is 7.43. The van der Waals surface area contributed by atoms with Crippen molar-refractivity contribution in [3.05, 3.63) is 28.2 Å². The zero-order chi connectivity index (χ0) is 13.8. The third kappa shape index (κ3) is 3.53. The highest BCUT2D eigenvalue weighted by Gasteiger charge is 2.33. The summed E-state index contributed by atoms with van der Waals surface area (Å²) in [5, 5.41) is 0. The van der Waals surface area contributed by atoms with Gasteiger partial charge >= 0.3 is 0 Å². The van der Waals surface area contributed by atoms with Gasteiger partial charge in [-0.25, -0.2) is 0 Å². The molecule has 0 bridgehead atoms. The molecular weight excluding hydrogens is 372 g/mol. The molecule has 1 saturated heterocycles. The summed E-state index contributed by atoms with van der Waals surface area (Å²) in [4.78, 5) is 0.340. The van der Waals surface area contributed by atoms with Crippen LogP contribution < -0.4 is 4.74 Å². The molecule has 1 aliphatic rings. The van der Waals surface area contributed by atoms with Gasteiger partial charge in [-0.05, 0) is 53.4 Å². The smallest absolute Gasteiger partial charge is 0.133 e. The second-order valence-corrected chi connectivity index (χ2v) is 6.64. The average Bonchev–Trinajstić information content (AvgIpc) is 2.88. The van der Waals surface area contributed by atoms with Crippen molar-refractivity contribution < 1.29 is 9.47 Å². The van der Waals surface area contributed by atoms with Crippen LogP contribution in [0.4, 0.5) is 0 Å². The van der Waals surface area contributed by atoms with Crippen molar-refractivity contribution in [3.8, 4) is 5.75 Å². The van der Waals surface area contributed by atoms with E-state index < -0.39 is 0 Å². The van der Waals surface area contributed by atoms with Crippen LogP contribution in [-0.2, 0) is 4.74 Å². The molecule has 106 valence electrons. The van der Waals surface area contributed by atoms with E-state index >= 15 is 0 Å². The number of hydrogen-bond acceptors (Lipinski definition) is 2. The Kier molecular flexibility index (Phi) is 5.72. The number of hydrogen-bond donors (Lipinski definition) is 0. The standard InChI is InChI=1S/C15H20Br2O2/c1-3-13-11(7-8-19-13)15(17)10-5-6-14(18-4-2)12(16)9-10/h5-6,9,11,13,15H,3-4,7-8H2,1-2H3. The summed E-state index contributed by atoms with van der Waals surface area (Å²) in [6, 6.07) is 6.32. The van der Waals surface area contributed by atoms with Gasteiger partial charge in [0, 0.05) is 17.4 Å². The van der Waals surface area contributed by atoms with Crippen molar-refractivity contribution in [1.29, 1.82) is 0 Å². The van der Waals surface area contributed by atoms with Gasteiger partial charge in [0.2, 0.25) is 0 Å². The molecule has 0 N–H and O–H groups in total. The molecule has 2 nitrogen and oxygen atoms in total. The number of rotatable bonds is 5. The topological polar surface area (TPSA) is 18.5 Å². The van der Waals surface area contributed by atoms with Crippen molar-refractivity contribution in [2.45, 2.75) is 37.6 Å². The SMILES string of the molecule is CCOc1ccc(C(Br)C2CCOC2CC)cc1Br. The minimum atomic E-state index is 0.340. The first-order valence-electron chi connectivity index (χ1n) is 6.85. The number of halogens is 2. The van der Waals surface area contributed by atoms with E-state index in [-0.39, 0.29) is 0 Å². The fourth-order valence-electron chi connectivity index (χ4n) is 2.63. The van der Waals surface area contributed by atoms with E-state index in [1.807, 2.05) is 13.0 Å². The second kappa shape index (κ2) is 7.09. The van der Waals surface area contributed by atoms with Gasteiger partial charge < -0.3 is 9.47 Å². The Morgan fingerprint density at radius 1 is 1.42 bits per heavy atom. The molecule has 0 spiro atoms. The van der Waals surface area contributed by atoms with Crippen molar-refractivity contribution in [3.63, 3.8) is 0 Å². The molecule has 0 aromatic heterocycles. The Morgan fingerprint density at radius 2 is 2.21 bits per heavy atom. The fraction of sp³-hybridized carbons (Fsp3) is 0.600. The lowest BCUT2D eigenvalue weighted by Crippen LogP contribution is -2.19. The average molecular weight is 392 g/mol. The van der Waals surface area contributed by atoms with Gasteiger partial charge in [0.25, 0.3) is 0 Å². The van der Waals surface area contributed by atoms with E-state index in [2.05, 4.69) is 50.9 Å². The van der Waals surface area contributed by atoms with Crippen LogP contribution in [0.15, 0.2) is 22.7 Å². The normalized spacial score (nSPS) is 24.4. The van der Waals surface area contributed by atoms with Crippen LogP contribution in [0.1, 0.15) is 37.1 Å². The fourth-order valence-corrected chi connectivity index (χ4v) is 4.03. The maximum Gasteiger partial charge on any atom is 0.133 e. The van der Waals surface area contributed by atoms with Gasteiger partial charge in [-0.15, -0.1) is 0 Å². The van der Waals surface area contributed by atoms with Crippen LogP contribution in [0.25, 0.3) is 0 Å². The van der Waals surface area contributed by atoms with Gasteiger partial charge in [-0.3, -0.25) is 0 Å². The van der Waals surface area contributed by atoms with E-state index in [9.17, 15) is 0 Å². The molecular formula is C15H20Br2O2. The lowest BCUT2D eigenvalue weighted by atomic mass is 9.92. The molecule has 3 atom stereocenters. The quantitative estimate of drug-likeness (QED) is 0.650. The predicted molar refractivity (Wildman–Crippen MR) is 85.1 cm³/mol. The Hall–Kier alpha value is -0.0600. The van der Waals surface area contributed by atoms with Crippen molar-refractivity contribution in [1.82, 2.24) is 0 Å². The van der Waals surface area contributed by atoms with E-state index in [1.54, 1.807) is 0 Å². The van der Waals surface area contributed by atoms with Crippen LogP contribution in [0, 0.1) is 5.92 Å². The molecule has 1 aromatic rings. The maximum absolute atomic E-state index is 5.78. The first kappa shape index (κ1) is 15.3. The molecule has 0 amide bonds. The third-order valence-corrected chi connectivity index (χ3v) is 5.44. The molecule has 19 heavy (non-hydrogen) atoms. The molecule has 3 unspecified atom stereocenters. The molecule has 0 saturated carbocycles. The molecule has 0 radical (unpaired) electrons. The lowest BCUT2D eigenvalue weighted by Gasteiger charge is -2.23. The van der Waals surface area contributed by atoms with Gasteiger partial charge in [0.05, 0.1) is 17.2 Å². The molecule has 2 rings (SSSR count). The Morgan fingerprint density at radius 3 is 2.84 bits per heavy atom. The minimum Gasteiger partial charge on any atom is -0.493 e. The summed E-state index contributed by atoms with van der Waals surface area (Å²) in [5.41, 5.74) is 1.28. The molecule has 0 aliphatic carbocycles. The third-order valence-electron chi connectivity index (χ3n) is 3.61. The lowest BCUT2D eigenvalue weighted by molar-refractivity contribution is 0.0873. The molecule has 1 aliphatic heterocycles. The highest BCUT2D eigenvalue weighted by molar-refractivity contribution is 9.10. The first-order chi connectivity index (χ1) is 9.17. The van der Waals surface area contributed by atoms with Crippen LogP contribution in [0.3, 0.4) is 0 Å². The van der Waals surface area contributed by atoms with E-state index in [0.717, 1.165) is 29.7 Å². The number of alkyl halides is 1. The monoisotopic (exact) mass is 390 g/mol. The van der Waals surface area contributed by atoms with Crippen LogP contribution in [0.2, 0.25) is 0 Å². The van der Waals surface area contributed by atoms with Crippen LogP contribution in [0.5, 0.6) is 5.75 Å². The van der Waals surface area contributed by atoms with Crippen molar-refractivity contribution in [2.24, 2.45) is 5.92 Å². The minimum absolute atomic E-state index is 0.340. The zero-order valence-electron chi connectivity index (χ0n) is 11.4. The van der Waals surface area contributed by atoms with E-state index in [1.165, 1.54) is 5.56 Å². The first-order valence-corrected chi connectivity index (χ1v) is 8.56. The maximum atomic E-state index is 5.78. The van der Waals surface area contributed by atoms with Gasteiger partial charge in [0.1, 0.15) is 5.75 Å². The molecule has 1 aromatic carbocycles. The highest BCUT2D eigenvalue weighted by atomic mass is 79.9. The van der Waals surface area contributed by atoms with Gasteiger partial charge in [-0.2, -0.15) is 0 Å². The van der Waals surface area contributed by atoms with Crippen molar-refractivity contribution in [2.75, 3.05) is 13.2 Å². The number of benzene rings is 1.